The Morgan fingerprint density at radius 3 is 1.12 bits per heavy atom. The molecule has 3 nitrogen and oxygen atoms in total. The van der Waals surface area contributed by atoms with Crippen LogP contribution in [0.1, 0.15) is 11.1 Å². The summed E-state index contributed by atoms with van der Waals surface area (Å²) in [6.45, 7) is 4.40. The average molecular weight is 834 g/mol. The van der Waals surface area contributed by atoms with Gasteiger partial charge in [-0.2, -0.15) is 0 Å². The summed E-state index contributed by atoms with van der Waals surface area (Å²) in [7, 11) is 0. The van der Waals surface area contributed by atoms with Gasteiger partial charge in [-0.05, 0) is 118 Å². The van der Waals surface area contributed by atoms with Gasteiger partial charge in [0, 0.05) is 49.7 Å². The molecule has 12 rings (SSSR count). The van der Waals surface area contributed by atoms with E-state index >= 15 is 0 Å². The van der Waals surface area contributed by atoms with E-state index in [0.29, 0.717) is 0 Å². The predicted molar refractivity (Wildman–Crippen MR) is 272 cm³/mol. The molecule has 3 heteroatoms. The van der Waals surface area contributed by atoms with Crippen molar-refractivity contribution in [1.82, 2.24) is 0 Å². The summed E-state index contributed by atoms with van der Waals surface area (Å²) in [6.07, 6.45) is 0. The molecule has 0 amide bonds. The molecular formula is C62H43NO2. The van der Waals surface area contributed by atoms with Crippen molar-refractivity contribution < 1.29 is 8.83 Å². The molecule has 0 atom stereocenters. The van der Waals surface area contributed by atoms with Crippen molar-refractivity contribution in [2.45, 2.75) is 13.8 Å². The lowest BCUT2D eigenvalue weighted by atomic mass is 9.96. The van der Waals surface area contributed by atoms with E-state index in [-0.39, 0.29) is 0 Å². The molecule has 65 heavy (non-hydrogen) atoms. The molecule has 0 aliphatic carbocycles. The minimum Gasteiger partial charge on any atom is -0.455 e. The number of para-hydroxylation sites is 4. The Morgan fingerprint density at radius 1 is 0.277 bits per heavy atom. The summed E-state index contributed by atoms with van der Waals surface area (Å²) in [5.74, 6) is 0. The van der Waals surface area contributed by atoms with Gasteiger partial charge in [0.15, 0.2) is 0 Å². The standard InChI is InChI=1S/C62H43NO2/c1-40-11-3-4-12-51(40)52-38-37-50(39-41(52)2)63(48-33-29-44(30-34-48)42-21-25-46(26-22-42)53-15-9-17-57-55-13-5-7-19-59(55)64-61(53)57)49-35-31-45(32-36-49)43-23-27-47(28-24-43)54-16-10-18-58-56-14-6-8-20-60(56)65-62(54)58/h3-39H,1-2H3. The fourth-order valence-electron chi connectivity index (χ4n) is 9.65. The molecule has 12 aromatic rings. The molecule has 0 bridgehead atoms. The molecule has 2 aromatic heterocycles. The quantitative estimate of drug-likeness (QED) is 0.153. The average Bonchev–Trinajstić information content (AvgIpc) is 3.94. The second kappa shape index (κ2) is 15.7. The highest BCUT2D eigenvalue weighted by atomic mass is 16.3. The van der Waals surface area contributed by atoms with E-state index in [9.17, 15) is 0 Å². The van der Waals surface area contributed by atoms with Crippen molar-refractivity contribution in [1.29, 1.82) is 0 Å². The Balaban J connectivity index is 0.863. The Morgan fingerprint density at radius 2 is 0.646 bits per heavy atom. The maximum atomic E-state index is 6.36. The van der Waals surface area contributed by atoms with Crippen LogP contribution < -0.4 is 4.90 Å². The number of hydrogen-bond acceptors (Lipinski definition) is 3. The Labute approximate surface area is 378 Å². The zero-order valence-electron chi connectivity index (χ0n) is 36.1. The van der Waals surface area contributed by atoms with E-state index in [1.807, 2.05) is 24.3 Å². The molecule has 0 spiro atoms. The van der Waals surface area contributed by atoms with Crippen LogP contribution in [0.5, 0.6) is 0 Å². The number of aryl methyl sites for hydroxylation is 2. The van der Waals surface area contributed by atoms with Gasteiger partial charge in [0.1, 0.15) is 22.3 Å². The first-order valence-corrected chi connectivity index (χ1v) is 22.2. The third-order valence-corrected chi connectivity index (χ3v) is 13.0. The molecule has 0 aliphatic heterocycles. The van der Waals surface area contributed by atoms with E-state index in [4.69, 9.17) is 8.83 Å². The maximum Gasteiger partial charge on any atom is 0.143 e. The number of anilines is 3. The molecule has 0 aliphatic rings. The zero-order valence-corrected chi connectivity index (χ0v) is 36.1. The zero-order chi connectivity index (χ0) is 43.4. The first-order chi connectivity index (χ1) is 32.0. The summed E-state index contributed by atoms with van der Waals surface area (Å²) < 4.78 is 12.7. The minimum atomic E-state index is 0.911. The van der Waals surface area contributed by atoms with Crippen LogP contribution in [0.25, 0.3) is 99.5 Å². The number of benzene rings is 10. The van der Waals surface area contributed by atoms with Crippen molar-refractivity contribution in [2.75, 3.05) is 4.90 Å². The summed E-state index contributed by atoms with van der Waals surface area (Å²) in [6, 6.07) is 80.3. The largest absolute Gasteiger partial charge is 0.455 e. The van der Waals surface area contributed by atoms with Crippen molar-refractivity contribution in [3.05, 3.63) is 236 Å². The molecule has 0 fully saturated rings. The number of fused-ring (bicyclic) bond motifs is 6. The van der Waals surface area contributed by atoms with Gasteiger partial charge in [0.2, 0.25) is 0 Å². The van der Waals surface area contributed by atoms with Crippen LogP contribution in [0, 0.1) is 13.8 Å². The van der Waals surface area contributed by atoms with Crippen molar-refractivity contribution in [3.63, 3.8) is 0 Å². The highest BCUT2D eigenvalue weighted by Gasteiger charge is 2.17. The summed E-state index contributed by atoms with van der Waals surface area (Å²) in [5.41, 5.74) is 21.0. The van der Waals surface area contributed by atoms with Gasteiger partial charge in [-0.15, -0.1) is 0 Å². The first kappa shape index (κ1) is 38.3. The molecule has 0 N–H and O–H groups in total. The van der Waals surface area contributed by atoms with Crippen LogP contribution in [-0.4, -0.2) is 0 Å². The van der Waals surface area contributed by atoms with E-state index in [2.05, 4.69) is 219 Å². The highest BCUT2D eigenvalue weighted by Crippen LogP contribution is 2.41. The van der Waals surface area contributed by atoms with Crippen LogP contribution in [0.4, 0.5) is 17.1 Å². The fourth-order valence-corrected chi connectivity index (χ4v) is 9.65. The molecule has 0 radical (unpaired) electrons. The summed E-state index contributed by atoms with van der Waals surface area (Å²) in [4.78, 5) is 2.36. The predicted octanol–water partition coefficient (Wildman–Crippen LogP) is 17.9. The van der Waals surface area contributed by atoms with E-state index < -0.39 is 0 Å². The summed E-state index contributed by atoms with van der Waals surface area (Å²) >= 11 is 0. The third-order valence-electron chi connectivity index (χ3n) is 13.0. The van der Waals surface area contributed by atoms with Gasteiger partial charge < -0.3 is 13.7 Å². The van der Waals surface area contributed by atoms with Gasteiger partial charge in [0.05, 0.1) is 0 Å². The Kier molecular flexibility index (Phi) is 9.28. The number of hydrogen-bond donors (Lipinski definition) is 0. The van der Waals surface area contributed by atoms with Gasteiger partial charge in [-0.3, -0.25) is 0 Å². The van der Waals surface area contributed by atoms with Crippen molar-refractivity contribution in [3.8, 4) is 55.6 Å². The number of rotatable bonds is 8. The molecule has 308 valence electrons. The number of nitrogens with zero attached hydrogens (tertiary/aromatic N) is 1. The lowest BCUT2D eigenvalue weighted by molar-refractivity contribution is 0.669. The fraction of sp³-hybridized carbons (Fsp3) is 0.0323. The topological polar surface area (TPSA) is 29.5 Å². The lowest BCUT2D eigenvalue weighted by Gasteiger charge is -2.27. The van der Waals surface area contributed by atoms with Gasteiger partial charge >= 0.3 is 0 Å². The van der Waals surface area contributed by atoms with Crippen LogP contribution in [0.3, 0.4) is 0 Å². The van der Waals surface area contributed by atoms with E-state index in [0.717, 1.165) is 105 Å². The van der Waals surface area contributed by atoms with E-state index in [1.165, 1.54) is 22.3 Å². The molecule has 0 unspecified atom stereocenters. The molecule has 2 heterocycles. The van der Waals surface area contributed by atoms with Crippen LogP contribution in [0.2, 0.25) is 0 Å². The smallest absolute Gasteiger partial charge is 0.143 e. The maximum absolute atomic E-state index is 6.36. The SMILES string of the molecule is Cc1ccccc1-c1ccc(N(c2ccc(-c3ccc(-c4cccc5c4oc4ccccc45)cc3)cc2)c2ccc(-c3ccc(-c4cccc5c4oc4ccccc45)cc3)cc2)cc1C. The van der Waals surface area contributed by atoms with Crippen molar-refractivity contribution in [2.24, 2.45) is 0 Å². The Hall–Kier alpha value is -8.40. The van der Waals surface area contributed by atoms with Gasteiger partial charge in [-0.25, -0.2) is 0 Å². The van der Waals surface area contributed by atoms with Gasteiger partial charge in [0.25, 0.3) is 0 Å². The van der Waals surface area contributed by atoms with Crippen LogP contribution in [0.15, 0.2) is 233 Å². The van der Waals surface area contributed by atoms with Crippen LogP contribution >= 0.6 is 0 Å². The van der Waals surface area contributed by atoms with Crippen LogP contribution in [-0.2, 0) is 0 Å². The third kappa shape index (κ3) is 6.77. The monoisotopic (exact) mass is 833 g/mol. The second-order valence-corrected chi connectivity index (χ2v) is 17.0. The minimum absolute atomic E-state index is 0.911. The summed E-state index contributed by atoms with van der Waals surface area (Å²) in [5, 5.41) is 4.56. The van der Waals surface area contributed by atoms with Gasteiger partial charge in [-0.1, -0.05) is 176 Å². The Bertz CT molecular complexity index is 3500. The van der Waals surface area contributed by atoms with Crippen molar-refractivity contribution >= 4 is 60.9 Å². The number of furan rings is 2. The first-order valence-electron chi connectivity index (χ1n) is 22.2. The normalized spacial score (nSPS) is 11.5. The molecule has 0 saturated heterocycles. The molecule has 0 saturated carbocycles. The van der Waals surface area contributed by atoms with E-state index in [1.54, 1.807) is 0 Å². The molecule has 10 aromatic carbocycles. The highest BCUT2D eigenvalue weighted by molar-refractivity contribution is 6.10. The lowest BCUT2D eigenvalue weighted by Crippen LogP contribution is -2.10. The molecular weight excluding hydrogens is 791 g/mol. The second-order valence-electron chi connectivity index (χ2n) is 17.0.